The number of ether oxygens (including phenoxy) is 1. The van der Waals surface area contributed by atoms with Gasteiger partial charge in [-0.1, -0.05) is 19.3 Å². The van der Waals surface area contributed by atoms with Crippen molar-refractivity contribution in [2.45, 2.75) is 51.5 Å². The summed E-state index contributed by atoms with van der Waals surface area (Å²) < 4.78 is 4.78. The van der Waals surface area contributed by atoms with Crippen LogP contribution in [0.1, 0.15) is 46.0 Å². The van der Waals surface area contributed by atoms with Gasteiger partial charge in [-0.2, -0.15) is 0 Å². The van der Waals surface area contributed by atoms with Crippen molar-refractivity contribution in [3.8, 4) is 0 Å². The number of rotatable bonds is 3. The fourth-order valence-corrected chi connectivity index (χ4v) is 3.19. The molecule has 20 heavy (non-hydrogen) atoms. The molecule has 2 rings (SSSR count). The van der Waals surface area contributed by atoms with Crippen molar-refractivity contribution in [3.63, 3.8) is 0 Å². The van der Waals surface area contributed by atoms with Crippen molar-refractivity contribution in [1.29, 1.82) is 0 Å². The van der Waals surface area contributed by atoms with E-state index in [-0.39, 0.29) is 18.4 Å². The van der Waals surface area contributed by atoms with Crippen molar-refractivity contribution in [1.82, 2.24) is 10.2 Å². The number of nitrogens with one attached hydrogen (secondary N) is 1. The van der Waals surface area contributed by atoms with E-state index in [0.29, 0.717) is 12.8 Å². The molecule has 1 saturated carbocycles. The molecule has 1 N–H and O–H groups in total. The van der Waals surface area contributed by atoms with E-state index in [1.165, 1.54) is 7.11 Å². The van der Waals surface area contributed by atoms with Crippen molar-refractivity contribution in [2.24, 2.45) is 5.41 Å². The van der Waals surface area contributed by atoms with Gasteiger partial charge in [-0.3, -0.25) is 14.9 Å². The number of carbonyl (C=O) groups excluding carboxylic acids is 3. The lowest BCUT2D eigenvalue weighted by Crippen LogP contribution is -2.54. The summed E-state index contributed by atoms with van der Waals surface area (Å²) in [5, 5.41) is 2.40. The van der Waals surface area contributed by atoms with Crippen LogP contribution in [0.15, 0.2) is 0 Å². The van der Waals surface area contributed by atoms with Crippen LogP contribution in [0, 0.1) is 5.41 Å². The topological polar surface area (TPSA) is 75.7 Å². The second kappa shape index (κ2) is 5.07. The predicted octanol–water partition coefficient (Wildman–Crippen LogP) is 1.44. The maximum absolute atomic E-state index is 12.2. The second-order valence-electron chi connectivity index (χ2n) is 6.31. The summed E-state index contributed by atoms with van der Waals surface area (Å²) in [6, 6.07) is -0.395. The van der Waals surface area contributed by atoms with E-state index in [9.17, 15) is 14.4 Å². The van der Waals surface area contributed by atoms with Crippen LogP contribution < -0.4 is 5.32 Å². The highest BCUT2D eigenvalue weighted by Gasteiger charge is 2.54. The van der Waals surface area contributed by atoms with Gasteiger partial charge in [-0.15, -0.1) is 0 Å². The molecule has 2 fully saturated rings. The molecule has 0 unspecified atom stereocenters. The number of amides is 3. The van der Waals surface area contributed by atoms with E-state index in [0.717, 1.165) is 19.3 Å². The van der Waals surface area contributed by atoms with Crippen LogP contribution in [0.4, 0.5) is 4.79 Å². The first-order valence-electron chi connectivity index (χ1n) is 7.05. The molecular formula is C14H22N2O4. The normalized spacial score (nSPS) is 22.1. The van der Waals surface area contributed by atoms with Gasteiger partial charge in [0.15, 0.2) is 0 Å². The minimum absolute atomic E-state index is 0.192. The molecule has 1 spiro atoms. The third-order valence-corrected chi connectivity index (χ3v) is 4.38. The average Bonchev–Trinajstić information content (AvgIpc) is 2.63. The summed E-state index contributed by atoms with van der Waals surface area (Å²) in [4.78, 5) is 37.7. The van der Waals surface area contributed by atoms with E-state index >= 15 is 0 Å². The van der Waals surface area contributed by atoms with Crippen molar-refractivity contribution >= 4 is 17.9 Å². The zero-order valence-electron chi connectivity index (χ0n) is 12.3. The van der Waals surface area contributed by atoms with Crippen LogP contribution in [-0.2, 0) is 14.3 Å². The van der Waals surface area contributed by atoms with E-state index in [2.05, 4.69) is 5.32 Å². The molecule has 0 bridgehead atoms. The maximum atomic E-state index is 12.2. The van der Waals surface area contributed by atoms with Crippen molar-refractivity contribution in [2.75, 3.05) is 13.7 Å². The number of hydrogen-bond donors (Lipinski definition) is 1. The third kappa shape index (κ3) is 2.27. The predicted molar refractivity (Wildman–Crippen MR) is 71.9 cm³/mol. The zero-order chi connectivity index (χ0) is 15.0. The van der Waals surface area contributed by atoms with Gasteiger partial charge in [0.05, 0.1) is 12.5 Å². The highest BCUT2D eigenvalue weighted by Crippen LogP contribution is 2.39. The smallest absolute Gasteiger partial charge is 0.325 e. The minimum Gasteiger partial charge on any atom is -0.469 e. The molecule has 1 aliphatic heterocycles. The van der Waals surface area contributed by atoms with Crippen LogP contribution in [0.5, 0.6) is 0 Å². The van der Waals surface area contributed by atoms with E-state index < -0.39 is 17.0 Å². The first-order chi connectivity index (χ1) is 9.33. The summed E-state index contributed by atoms with van der Waals surface area (Å²) in [7, 11) is 1.33. The molecule has 112 valence electrons. The van der Waals surface area contributed by atoms with Gasteiger partial charge in [0, 0.05) is 6.54 Å². The summed E-state index contributed by atoms with van der Waals surface area (Å²) in [5.74, 6) is -0.599. The lowest BCUT2D eigenvalue weighted by atomic mass is 9.79. The Morgan fingerprint density at radius 3 is 2.45 bits per heavy atom. The molecule has 6 heteroatoms. The fourth-order valence-electron chi connectivity index (χ4n) is 3.19. The van der Waals surface area contributed by atoms with Gasteiger partial charge in [-0.05, 0) is 26.7 Å². The summed E-state index contributed by atoms with van der Waals surface area (Å²) in [5.41, 5.74) is -1.60. The Morgan fingerprint density at radius 1 is 1.30 bits per heavy atom. The summed E-state index contributed by atoms with van der Waals surface area (Å²) in [6.45, 7) is 3.65. The van der Waals surface area contributed by atoms with Gasteiger partial charge in [0.25, 0.3) is 5.91 Å². The Morgan fingerprint density at radius 2 is 1.90 bits per heavy atom. The third-order valence-electron chi connectivity index (χ3n) is 4.38. The molecule has 3 amide bonds. The molecule has 6 nitrogen and oxygen atoms in total. The van der Waals surface area contributed by atoms with Crippen LogP contribution in [-0.4, -0.2) is 42.0 Å². The quantitative estimate of drug-likeness (QED) is 0.628. The maximum Gasteiger partial charge on any atom is 0.325 e. The van der Waals surface area contributed by atoms with Gasteiger partial charge in [0.1, 0.15) is 5.54 Å². The number of methoxy groups -OCH3 is 1. The standard InChI is InChI=1S/C14H22N2O4/c1-13(2,11(18)20-3)9-16-12(19)15-10(17)14(16)7-5-4-6-8-14/h4-9H2,1-3H3,(H,15,17,19). The highest BCUT2D eigenvalue weighted by molar-refractivity contribution is 6.07. The molecule has 0 aromatic heterocycles. The van der Waals surface area contributed by atoms with Crippen molar-refractivity contribution < 1.29 is 19.1 Å². The number of esters is 1. The summed E-state index contributed by atoms with van der Waals surface area (Å²) >= 11 is 0. The number of imide groups is 1. The van der Waals surface area contributed by atoms with Crippen LogP contribution in [0.25, 0.3) is 0 Å². The molecule has 1 heterocycles. The SMILES string of the molecule is COC(=O)C(C)(C)CN1C(=O)NC(=O)C12CCCCC2. The monoisotopic (exact) mass is 282 g/mol. The van der Waals surface area contributed by atoms with E-state index in [4.69, 9.17) is 4.74 Å². The molecule has 1 saturated heterocycles. The van der Waals surface area contributed by atoms with Crippen LogP contribution in [0.3, 0.4) is 0 Å². The molecular weight excluding hydrogens is 260 g/mol. The molecule has 1 aliphatic carbocycles. The van der Waals surface area contributed by atoms with Gasteiger partial charge < -0.3 is 9.64 Å². The van der Waals surface area contributed by atoms with Gasteiger partial charge in [0.2, 0.25) is 0 Å². The number of urea groups is 1. The fraction of sp³-hybridized carbons (Fsp3) is 0.786. The molecule has 0 radical (unpaired) electrons. The van der Waals surface area contributed by atoms with Crippen LogP contribution in [0.2, 0.25) is 0 Å². The lowest BCUT2D eigenvalue weighted by Gasteiger charge is -2.41. The van der Waals surface area contributed by atoms with Crippen molar-refractivity contribution in [3.05, 3.63) is 0 Å². The molecule has 0 aromatic rings. The first kappa shape index (κ1) is 14.8. The Kier molecular flexibility index (Phi) is 3.75. The summed E-state index contributed by atoms with van der Waals surface area (Å²) in [6.07, 6.45) is 4.27. The zero-order valence-corrected chi connectivity index (χ0v) is 12.3. The Bertz CT molecular complexity index is 438. The largest absolute Gasteiger partial charge is 0.469 e. The highest BCUT2D eigenvalue weighted by atomic mass is 16.5. The van der Waals surface area contributed by atoms with Gasteiger partial charge in [-0.25, -0.2) is 4.79 Å². The average molecular weight is 282 g/mol. The van der Waals surface area contributed by atoms with E-state index in [1.807, 2.05) is 0 Å². The lowest BCUT2D eigenvalue weighted by molar-refractivity contribution is -0.152. The molecule has 0 aromatic carbocycles. The van der Waals surface area contributed by atoms with Crippen LogP contribution >= 0.6 is 0 Å². The molecule has 2 aliphatic rings. The van der Waals surface area contributed by atoms with Gasteiger partial charge >= 0.3 is 12.0 Å². The second-order valence-corrected chi connectivity index (χ2v) is 6.31. The Labute approximate surface area is 118 Å². The number of hydrogen-bond acceptors (Lipinski definition) is 4. The minimum atomic E-state index is -0.832. The Balaban J connectivity index is 2.26. The Hall–Kier alpha value is -1.59. The molecule has 0 atom stereocenters. The number of carbonyl (C=O) groups is 3. The first-order valence-corrected chi connectivity index (χ1v) is 7.05. The number of nitrogens with zero attached hydrogens (tertiary/aromatic N) is 1. The van der Waals surface area contributed by atoms with E-state index in [1.54, 1.807) is 18.7 Å².